The molecule has 2 rings (SSSR count). The molecule has 6 heteroatoms. The van der Waals surface area contributed by atoms with Gasteiger partial charge in [0.25, 0.3) is 5.69 Å². The predicted octanol–water partition coefficient (Wildman–Crippen LogP) is 4.34. The predicted molar refractivity (Wildman–Crippen MR) is 84.6 cm³/mol. The molecule has 0 saturated heterocycles. The van der Waals surface area contributed by atoms with Crippen LogP contribution >= 0.6 is 11.6 Å². The Morgan fingerprint density at radius 3 is 2.35 bits per heavy atom. The highest BCUT2D eigenvalue weighted by Gasteiger charge is 2.30. The Labute approximate surface area is 125 Å². The lowest BCUT2D eigenvalue weighted by Crippen LogP contribution is -2.18. The number of nitro benzene ring substituents is 1. The quantitative estimate of drug-likeness (QED) is 0.476. The highest BCUT2D eigenvalue weighted by atomic mass is 35.5. The van der Waals surface area contributed by atoms with E-state index in [2.05, 4.69) is 30.8 Å². The number of nitrogens with zero attached hydrogens (tertiary/aromatic N) is 1. The third-order valence-corrected chi connectivity index (χ3v) is 2.66. The SMILES string of the molecule is C.C.CC(=O)Cl.CC1(C)CNc2cc([N+](=O)[O-])ccc21. The van der Waals surface area contributed by atoms with Crippen LogP contribution in [0.4, 0.5) is 11.4 Å². The van der Waals surface area contributed by atoms with Crippen molar-refractivity contribution in [2.45, 2.75) is 41.0 Å². The van der Waals surface area contributed by atoms with Crippen molar-refractivity contribution in [3.63, 3.8) is 0 Å². The summed E-state index contributed by atoms with van der Waals surface area (Å²) in [6.45, 7) is 6.38. The van der Waals surface area contributed by atoms with E-state index in [1.165, 1.54) is 6.92 Å². The number of nitro groups is 1. The van der Waals surface area contributed by atoms with Crippen molar-refractivity contribution in [2.24, 2.45) is 0 Å². The van der Waals surface area contributed by atoms with Crippen molar-refractivity contribution < 1.29 is 9.72 Å². The number of non-ortho nitro benzene ring substituents is 1. The molecule has 0 unspecified atom stereocenters. The summed E-state index contributed by atoms with van der Waals surface area (Å²) in [7, 11) is 0. The minimum atomic E-state index is -0.368. The molecule has 1 aromatic rings. The zero-order valence-electron chi connectivity index (χ0n) is 10.5. The third kappa shape index (κ3) is 5.17. The second kappa shape index (κ2) is 7.85. The first-order valence-corrected chi connectivity index (χ1v) is 5.80. The van der Waals surface area contributed by atoms with E-state index in [4.69, 9.17) is 0 Å². The molecule has 1 aliphatic rings. The molecule has 0 aromatic heterocycles. The maximum Gasteiger partial charge on any atom is 0.271 e. The molecule has 0 amide bonds. The summed E-state index contributed by atoms with van der Waals surface area (Å²) in [5.41, 5.74) is 2.27. The Morgan fingerprint density at radius 2 is 1.90 bits per heavy atom. The molecule has 1 aromatic carbocycles. The average molecular weight is 303 g/mol. The van der Waals surface area contributed by atoms with Crippen molar-refractivity contribution in [2.75, 3.05) is 11.9 Å². The van der Waals surface area contributed by atoms with Crippen LogP contribution in [0.3, 0.4) is 0 Å². The lowest BCUT2D eigenvalue weighted by Gasteiger charge is -2.16. The van der Waals surface area contributed by atoms with E-state index >= 15 is 0 Å². The van der Waals surface area contributed by atoms with Crippen LogP contribution in [0.5, 0.6) is 0 Å². The molecule has 0 saturated carbocycles. The summed E-state index contributed by atoms with van der Waals surface area (Å²) in [6.07, 6.45) is 0. The smallest absolute Gasteiger partial charge is 0.271 e. The van der Waals surface area contributed by atoms with Crippen LogP contribution in [0.2, 0.25) is 0 Å². The monoisotopic (exact) mass is 302 g/mol. The minimum absolute atomic E-state index is 0. The molecule has 0 atom stereocenters. The third-order valence-electron chi connectivity index (χ3n) is 2.66. The van der Waals surface area contributed by atoms with Crippen molar-refractivity contribution >= 4 is 28.2 Å². The number of benzene rings is 1. The van der Waals surface area contributed by atoms with Crippen LogP contribution < -0.4 is 5.32 Å². The topological polar surface area (TPSA) is 72.2 Å². The summed E-state index contributed by atoms with van der Waals surface area (Å²) in [5.74, 6) is 0. The van der Waals surface area contributed by atoms with E-state index in [-0.39, 0.29) is 36.1 Å². The van der Waals surface area contributed by atoms with Crippen LogP contribution in [-0.4, -0.2) is 16.7 Å². The van der Waals surface area contributed by atoms with E-state index in [9.17, 15) is 14.9 Å². The molecule has 5 nitrogen and oxygen atoms in total. The second-order valence-electron chi connectivity index (χ2n) is 4.69. The largest absolute Gasteiger partial charge is 0.384 e. The molecule has 0 fully saturated rings. The van der Waals surface area contributed by atoms with E-state index in [0.717, 1.165) is 17.8 Å². The Hall–Kier alpha value is -1.62. The maximum absolute atomic E-state index is 10.5. The molecular weight excluding hydrogens is 280 g/mol. The molecule has 1 aliphatic heterocycles. The summed E-state index contributed by atoms with van der Waals surface area (Å²) in [4.78, 5) is 19.4. The molecule has 0 bridgehead atoms. The van der Waals surface area contributed by atoms with Gasteiger partial charge in [0.05, 0.1) is 4.92 Å². The Kier molecular flexibility index (Phi) is 8.12. The van der Waals surface area contributed by atoms with Gasteiger partial charge in [0.15, 0.2) is 0 Å². The fraction of sp³-hybridized carbons (Fsp3) is 0.500. The van der Waals surface area contributed by atoms with Gasteiger partial charge in [-0.1, -0.05) is 28.7 Å². The van der Waals surface area contributed by atoms with Gasteiger partial charge >= 0.3 is 0 Å². The first-order valence-electron chi connectivity index (χ1n) is 5.43. The van der Waals surface area contributed by atoms with Crippen molar-refractivity contribution in [1.82, 2.24) is 0 Å². The average Bonchev–Trinajstić information content (AvgIpc) is 2.54. The summed E-state index contributed by atoms with van der Waals surface area (Å²) < 4.78 is 0. The summed E-state index contributed by atoms with van der Waals surface area (Å²) >= 11 is 4.64. The van der Waals surface area contributed by atoms with E-state index in [1.807, 2.05) is 6.07 Å². The van der Waals surface area contributed by atoms with Gasteiger partial charge in [0.2, 0.25) is 5.24 Å². The van der Waals surface area contributed by atoms with Gasteiger partial charge in [-0.05, 0) is 23.2 Å². The fourth-order valence-electron chi connectivity index (χ4n) is 1.79. The van der Waals surface area contributed by atoms with E-state index in [1.54, 1.807) is 12.1 Å². The number of nitrogens with one attached hydrogen (secondary N) is 1. The van der Waals surface area contributed by atoms with Gasteiger partial charge in [-0.15, -0.1) is 0 Å². The number of hydrogen-bond acceptors (Lipinski definition) is 4. The van der Waals surface area contributed by atoms with Gasteiger partial charge in [0, 0.05) is 36.7 Å². The Balaban J connectivity index is 0. The Morgan fingerprint density at radius 1 is 1.40 bits per heavy atom. The van der Waals surface area contributed by atoms with Crippen LogP contribution in [0.1, 0.15) is 41.2 Å². The van der Waals surface area contributed by atoms with E-state index < -0.39 is 0 Å². The van der Waals surface area contributed by atoms with Gasteiger partial charge in [-0.25, -0.2) is 0 Å². The van der Waals surface area contributed by atoms with Crippen molar-refractivity contribution in [3.05, 3.63) is 33.9 Å². The minimum Gasteiger partial charge on any atom is -0.384 e. The second-order valence-corrected chi connectivity index (χ2v) is 5.23. The van der Waals surface area contributed by atoms with Crippen LogP contribution in [0.25, 0.3) is 0 Å². The van der Waals surface area contributed by atoms with Gasteiger partial charge < -0.3 is 5.32 Å². The maximum atomic E-state index is 10.5. The molecular formula is C14H23ClN2O3. The molecule has 20 heavy (non-hydrogen) atoms. The van der Waals surface area contributed by atoms with Gasteiger partial charge in [-0.2, -0.15) is 0 Å². The van der Waals surface area contributed by atoms with Crippen LogP contribution in [-0.2, 0) is 10.2 Å². The standard InChI is InChI=1S/C10H12N2O2.C2H3ClO.2CH4/c1-10(2)6-11-9-5-7(12(13)14)3-4-8(9)10;1-2(3)4;;/h3-5,11H,6H2,1-2H3;1H3;2*1H4. The Bertz CT molecular complexity index is 483. The van der Waals surface area contributed by atoms with Crippen LogP contribution in [0, 0.1) is 10.1 Å². The number of anilines is 1. The van der Waals surface area contributed by atoms with Gasteiger partial charge in [-0.3, -0.25) is 14.9 Å². The number of halogens is 1. The molecule has 1 N–H and O–H groups in total. The van der Waals surface area contributed by atoms with Crippen molar-refractivity contribution in [3.8, 4) is 0 Å². The number of fused-ring (bicyclic) bond motifs is 1. The lowest BCUT2D eigenvalue weighted by molar-refractivity contribution is -0.384. The first-order chi connectivity index (χ1) is 8.24. The number of hydrogen-bond donors (Lipinski definition) is 1. The summed E-state index contributed by atoms with van der Waals surface area (Å²) in [6, 6.07) is 5.01. The molecule has 1 heterocycles. The first kappa shape index (κ1) is 20.7. The fourth-order valence-corrected chi connectivity index (χ4v) is 1.79. The molecule has 114 valence electrons. The number of carbonyl (C=O) groups is 1. The van der Waals surface area contributed by atoms with Crippen molar-refractivity contribution in [1.29, 1.82) is 0 Å². The number of carbonyl (C=O) groups excluding carboxylic acids is 1. The molecule has 0 radical (unpaired) electrons. The molecule has 0 spiro atoms. The summed E-state index contributed by atoms with van der Waals surface area (Å²) in [5, 5.41) is 13.4. The zero-order chi connectivity index (χ0) is 13.9. The van der Waals surface area contributed by atoms with Crippen LogP contribution in [0.15, 0.2) is 18.2 Å². The molecule has 0 aliphatic carbocycles. The number of rotatable bonds is 1. The van der Waals surface area contributed by atoms with Gasteiger partial charge in [0.1, 0.15) is 0 Å². The normalized spacial score (nSPS) is 13.4. The zero-order valence-corrected chi connectivity index (χ0v) is 11.2. The highest BCUT2D eigenvalue weighted by molar-refractivity contribution is 6.62. The van der Waals surface area contributed by atoms with E-state index in [0.29, 0.717) is 0 Å². The highest BCUT2D eigenvalue weighted by Crippen LogP contribution is 2.37. The lowest BCUT2D eigenvalue weighted by atomic mass is 9.87.